The number of benzene rings is 2. The van der Waals surface area contributed by atoms with E-state index in [9.17, 15) is 8.78 Å². The van der Waals surface area contributed by atoms with Crippen LogP contribution >= 0.6 is 0 Å². The van der Waals surface area contributed by atoms with Crippen molar-refractivity contribution in [2.75, 3.05) is 5.73 Å². The molecular weight excluding hydrogens is 448 g/mol. The molecule has 0 fully saturated rings. The molecule has 1 unspecified atom stereocenters. The van der Waals surface area contributed by atoms with Crippen LogP contribution in [0.15, 0.2) is 72.0 Å². The average Bonchev–Trinajstić information content (AvgIpc) is 2.84. The first-order valence-corrected chi connectivity index (χ1v) is 11.3. The summed E-state index contributed by atoms with van der Waals surface area (Å²) in [7, 11) is 0. The van der Waals surface area contributed by atoms with Crippen LogP contribution in [-0.2, 0) is 17.9 Å². The summed E-state index contributed by atoms with van der Waals surface area (Å²) in [6, 6.07) is 17.4. The van der Waals surface area contributed by atoms with E-state index in [0.29, 0.717) is 36.4 Å². The van der Waals surface area contributed by atoms with E-state index in [2.05, 4.69) is 20.1 Å². The van der Waals surface area contributed by atoms with Crippen LogP contribution in [0, 0.1) is 18.7 Å². The summed E-state index contributed by atoms with van der Waals surface area (Å²) in [5, 5.41) is 4.46. The number of nitrogens with two attached hydrogens (primary N) is 1. The van der Waals surface area contributed by atoms with Gasteiger partial charge in [0.05, 0.1) is 17.1 Å². The van der Waals surface area contributed by atoms with Crippen LogP contribution in [0.3, 0.4) is 0 Å². The molecule has 2 heterocycles. The molecule has 2 aromatic carbocycles. The van der Waals surface area contributed by atoms with Crippen molar-refractivity contribution >= 4 is 11.7 Å². The van der Waals surface area contributed by atoms with Gasteiger partial charge in [-0.3, -0.25) is 0 Å². The van der Waals surface area contributed by atoms with Crippen molar-refractivity contribution in [1.82, 2.24) is 15.0 Å². The van der Waals surface area contributed by atoms with E-state index < -0.39 is 11.8 Å². The fourth-order valence-corrected chi connectivity index (χ4v) is 4.59. The van der Waals surface area contributed by atoms with Crippen LogP contribution in [0.2, 0.25) is 0 Å². The van der Waals surface area contributed by atoms with Crippen molar-refractivity contribution in [2.24, 2.45) is 5.16 Å². The molecule has 2 N–H and O–H groups in total. The monoisotopic (exact) mass is 471 g/mol. The van der Waals surface area contributed by atoms with Crippen LogP contribution in [0.1, 0.15) is 40.4 Å². The predicted molar refractivity (Wildman–Crippen MR) is 130 cm³/mol. The summed E-state index contributed by atoms with van der Waals surface area (Å²) < 4.78 is 28.8. The molecule has 176 valence electrons. The van der Waals surface area contributed by atoms with Gasteiger partial charge in [-0.25, -0.2) is 19.3 Å². The van der Waals surface area contributed by atoms with Gasteiger partial charge in [0, 0.05) is 23.7 Å². The lowest BCUT2D eigenvalue weighted by atomic mass is 9.78. The highest BCUT2D eigenvalue weighted by Gasteiger charge is 2.31. The number of fused-ring (bicyclic) bond motifs is 1. The fraction of sp³-hybridized carbons (Fsp3) is 0.185. The zero-order valence-corrected chi connectivity index (χ0v) is 19.1. The summed E-state index contributed by atoms with van der Waals surface area (Å²) >= 11 is 0. The highest BCUT2D eigenvalue weighted by Crippen LogP contribution is 2.39. The van der Waals surface area contributed by atoms with Gasteiger partial charge in [0.2, 0.25) is 11.9 Å². The summed E-state index contributed by atoms with van der Waals surface area (Å²) in [5.74, 6) is -1.10. The van der Waals surface area contributed by atoms with Gasteiger partial charge in [0.25, 0.3) is 0 Å². The Morgan fingerprint density at radius 2 is 1.83 bits per heavy atom. The maximum Gasteiger partial charge on any atom is 0.220 e. The first-order valence-electron chi connectivity index (χ1n) is 11.3. The summed E-state index contributed by atoms with van der Waals surface area (Å²) in [4.78, 5) is 18.2. The lowest BCUT2D eigenvalue weighted by Crippen LogP contribution is -2.24. The number of pyridine rings is 1. The molecule has 0 amide bonds. The lowest BCUT2D eigenvalue weighted by Gasteiger charge is -2.28. The molecule has 0 aliphatic heterocycles. The predicted octanol–water partition coefficient (Wildman–Crippen LogP) is 5.36. The number of hydrogen-bond acceptors (Lipinski definition) is 6. The molecule has 35 heavy (non-hydrogen) atoms. The van der Waals surface area contributed by atoms with Gasteiger partial charge in [-0.2, -0.15) is 4.39 Å². The maximum atomic E-state index is 14.6. The minimum absolute atomic E-state index is 0.162. The molecule has 4 aromatic rings. The van der Waals surface area contributed by atoms with Crippen LogP contribution in [0.4, 0.5) is 14.7 Å². The number of anilines is 1. The van der Waals surface area contributed by atoms with Crippen LogP contribution in [-0.4, -0.2) is 20.7 Å². The molecular formula is C27H23F2N5O. The van der Waals surface area contributed by atoms with Gasteiger partial charge < -0.3 is 10.6 Å². The molecule has 0 bridgehead atoms. The second kappa shape index (κ2) is 9.58. The Hall–Kier alpha value is -4.20. The van der Waals surface area contributed by atoms with E-state index in [1.54, 1.807) is 18.2 Å². The van der Waals surface area contributed by atoms with Crippen molar-refractivity contribution in [3.63, 3.8) is 0 Å². The van der Waals surface area contributed by atoms with E-state index in [1.165, 1.54) is 18.3 Å². The molecule has 0 saturated carbocycles. The Morgan fingerprint density at radius 3 is 2.63 bits per heavy atom. The molecule has 5 rings (SSSR count). The van der Waals surface area contributed by atoms with Gasteiger partial charge >= 0.3 is 0 Å². The molecule has 1 aliphatic rings. The second-order valence-electron chi connectivity index (χ2n) is 8.46. The van der Waals surface area contributed by atoms with E-state index in [1.807, 2.05) is 37.3 Å². The second-order valence-corrected chi connectivity index (χ2v) is 8.46. The Bertz CT molecular complexity index is 1410. The number of nitrogen functional groups attached to an aromatic ring is 1. The van der Waals surface area contributed by atoms with Crippen LogP contribution < -0.4 is 5.73 Å². The summed E-state index contributed by atoms with van der Waals surface area (Å²) in [6.07, 6.45) is 2.36. The highest BCUT2D eigenvalue weighted by atomic mass is 19.1. The third-order valence-electron chi connectivity index (χ3n) is 6.10. The van der Waals surface area contributed by atoms with E-state index in [4.69, 9.17) is 10.6 Å². The molecule has 8 heteroatoms. The number of aryl methyl sites for hydroxylation is 1. The molecule has 1 atom stereocenters. The number of hydrogen-bond donors (Lipinski definition) is 1. The quantitative estimate of drug-likeness (QED) is 0.313. The number of aromatic nitrogens is 3. The van der Waals surface area contributed by atoms with Crippen molar-refractivity contribution in [3.8, 4) is 11.1 Å². The molecule has 0 spiro atoms. The lowest BCUT2D eigenvalue weighted by molar-refractivity contribution is 0.129. The zero-order chi connectivity index (χ0) is 24.4. The van der Waals surface area contributed by atoms with Crippen molar-refractivity contribution in [1.29, 1.82) is 0 Å². The Labute approximate surface area is 201 Å². The number of halogens is 2. The minimum Gasteiger partial charge on any atom is -0.391 e. The fourth-order valence-electron chi connectivity index (χ4n) is 4.59. The van der Waals surface area contributed by atoms with Gasteiger partial charge in [0.1, 0.15) is 12.4 Å². The molecule has 2 aromatic heterocycles. The zero-order valence-electron chi connectivity index (χ0n) is 19.1. The van der Waals surface area contributed by atoms with Gasteiger partial charge in [-0.05, 0) is 60.2 Å². The van der Waals surface area contributed by atoms with Gasteiger partial charge in [-0.15, -0.1) is 0 Å². The van der Waals surface area contributed by atoms with Crippen molar-refractivity contribution < 1.29 is 13.6 Å². The van der Waals surface area contributed by atoms with Crippen molar-refractivity contribution in [3.05, 3.63) is 107 Å². The Kier molecular flexibility index (Phi) is 6.18. The van der Waals surface area contributed by atoms with Gasteiger partial charge in [-0.1, -0.05) is 41.6 Å². The topological polar surface area (TPSA) is 86.3 Å². The van der Waals surface area contributed by atoms with E-state index >= 15 is 0 Å². The SMILES string of the molecule is Cc1nc(N)nc2c1/C(=N/OCc1ccccc1)CC(c1ccc(F)cc1-c1cccnc1F)C2. The van der Waals surface area contributed by atoms with Gasteiger partial charge in [0.15, 0.2) is 0 Å². The van der Waals surface area contributed by atoms with E-state index in [-0.39, 0.29) is 17.4 Å². The first-order chi connectivity index (χ1) is 17.0. The number of oxime groups is 1. The normalized spacial score (nSPS) is 16.2. The smallest absolute Gasteiger partial charge is 0.220 e. The molecule has 0 saturated heterocycles. The third kappa shape index (κ3) is 4.73. The van der Waals surface area contributed by atoms with Crippen LogP contribution in [0.25, 0.3) is 11.1 Å². The highest BCUT2D eigenvalue weighted by molar-refractivity contribution is 6.03. The number of nitrogens with zero attached hydrogens (tertiary/aromatic N) is 4. The van der Waals surface area contributed by atoms with Crippen molar-refractivity contribution in [2.45, 2.75) is 32.3 Å². The Morgan fingerprint density at radius 1 is 1.00 bits per heavy atom. The van der Waals surface area contributed by atoms with E-state index in [0.717, 1.165) is 22.4 Å². The standard InChI is InChI=1S/C27H23F2N5O/c1-16-25-23(33-27(30)32-16)12-18(13-24(25)34-35-15-17-6-3-2-4-7-17)20-10-9-19(28)14-22(20)21-8-5-11-31-26(21)29/h2-11,14,18H,12-13,15H2,1H3,(H2,30,32,33)/b34-24+. The third-order valence-corrected chi connectivity index (χ3v) is 6.10. The average molecular weight is 472 g/mol. The maximum absolute atomic E-state index is 14.6. The summed E-state index contributed by atoms with van der Waals surface area (Å²) in [5.41, 5.74) is 11.3. The van der Waals surface area contributed by atoms with Crippen LogP contribution in [0.5, 0.6) is 0 Å². The Balaban J connectivity index is 1.55. The number of rotatable bonds is 5. The molecule has 6 nitrogen and oxygen atoms in total. The summed E-state index contributed by atoms with van der Waals surface area (Å²) in [6.45, 7) is 2.17. The minimum atomic E-state index is -0.655. The largest absolute Gasteiger partial charge is 0.391 e. The first kappa shape index (κ1) is 22.6. The molecule has 1 aliphatic carbocycles. The molecule has 0 radical (unpaired) electrons.